The van der Waals surface area contributed by atoms with Gasteiger partial charge >= 0.3 is 5.97 Å². The first-order chi connectivity index (χ1) is 23.5. The van der Waals surface area contributed by atoms with E-state index in [0.717, 1.165) is 37.1 Å². The number of amides is 2. The van der Waals surface area contributed by atoms with Crippen LogP contribution in [0.4, 0.5) is 0 Å². The van der Waals surface area contributed by atoms with Crippen molar-refractivity contribution in [2.75, 3.05) is 32.1 Å². The topological polar surface area (TPSA) is 228 Å². The predicted molar refractivity (Wildman–Crippen MR) is 178 cm³/mol. The number of likely N-dealkylation sites (tertiary alicyclic amines) is 1. The number of nitrogens with one attached hydrogen (secondary N) is 1. The number of aromatic hydroxyl groups is 2. The number of nitrogens with zero attached hydrogens (tertiary/aromatic N) is 2. The summed E-state index contributed by atoms with van der Waals surface area (Å²) in [5, 5.41) is 67.6. The molecule has 3 aliphatic rings. The second-order valence-electron chi connectivity index (χ2n) is 12.2. The molecule has 3 heterocycles. The zero-order chi connectivity index (χ0) is 35.5. The third kappa shape index (κ3) is 10.9. The molecule has 16 heteroatoms. The van der Waals surface area contributed by atoms with Crippen LogP contribution in [0.25, 0.3) is 0 Å². The monoisotopic (exact) mass is 707 g/mol. The van der Waals surface area contributed by atoms with E-state index in [9.17, 15) is 45.0 Å². The molecule has 2 fully saturated rings. The Morgan fingerprint density at radius 1 is 1.06 bits per heavy atom. The van der Waals surface area contributed by atoms with E-state index in [1.165, 1.54) is 6.07 Å². The number of hydrogen-bond acceptors (Lipinski definition) is 14. The van der Waals surface area contributed by atoms with E-state index in [2.05, 4.69) is 10.5 Å². The smallest absolute Gasteiger partial charge is 0.342 e. The first kappa shape index (κ1) is 38.1. The lowest BCUT2D eigenvalue weighted by Crippen LogP contribution is -2.57. The van der Waals surface area contributed by atoms with E-state index in [1.54, 1.807) is 36.1 Å². The molecule has 7 atom stereocenters. The minimum atomic E-state index is -1.56. The van der Waals surface area contributed by atoms with Gasteiger partial charge in [-0.05, 0) is 50.3 Å². The number of benzene rings is 1. The molecule has 270 valence electrons. The average Bonchev–Trinajstić information content (AvgIpc) is 3.06. The Labute approximate surface area is 288 Å². The lowest BCUT2D eigenvalue weighted by atomic mass is 9.99. The minimum Gasteiger partial charge on any atom is -0.508 e. The summed E-state index contributed by atoms with van der Waals surface area (Å²) in [4.78, 5) is 45.9. The zero-order valence-corrected chi connectivity index (χ0v) is 28.0. The van der Waals surface area contributed by atoms with Gasteiger partial charge in [0.15, 0.2) is 6.61 Å². The van der Waals surface area contributed by atoms with Crippen LogP contribution in [-0.4, -0.2) is 133 Å². The highest BCUT2D eigenvalue weighted by atomic mass is 32.2. The number of thioether (sulfide) groups is 1. The Morgan fingerprint density at radius 3 is 2.55 bits per heavy atom. The second kappa shape index (κ2) is 18.4. The van der Waals surface area contributed by atoms with Crippen molar-refractivity contribution in [1.29, 1.82) is 0 Å². The number of carbonyl (C=O) groups is 3. The van der Waals surface area contributed by atoms with Gasteiger partial charge in [0.05, 0.1) is 24.1 Å². The van der Waals surface area contributed by atoms with Crippen LogP contribution in [0.15, 0.2) is 41.6 Å². The molecule has 0 aliphatic carbocycles. The van der Waals surface area contributed by atoms with Crippen LogP contribution in [0.1, 0.15) is 54.9 Å². The van der Waals surface area contributed by atoms with E-state index in [-0.39, 0.29) is 60.1 Å². The van der Waals surface area contributed by atoms with Gasteiger partial charge in [0.1, 0.15) is 53.0 Å². The Hall–Kier alpha value is -3.67. The minimum absolute atomic E-state index is 0.0855. The Morgan fingerprint density at radius 2 is 1.82 bits per heavy atom. The van der Waals surface area contributed by atoms with Crippen LogP contribution < -0.4 is 5.32 Å². The molecule has 0 unspecified atom stereocenters. The van der Waals surface area contributed by atoms with Gasteiger partial charge in [-0.15, -0.1) is 11.8 Å². The summed E-state index contributed by atoms with van der Waals surface area (Å²) in [7, 11) is 0. The number of fused-ring (bicyclic) bond motifs is 1. The third-order valence-electron chi connectivity index (χ3n) is 8.26. The molecule has 0 bridgehead atoms. The maximum atomic E-state index is 13.2. The van der Waals surface area contributed by atoms with Crippen molar-refractivity contribution in [3.63, 3.8) is 0 Å². The van der Waals surface area contributed by atoms with Crippen molar-refractivity contribution in [2.24, 2.45) is 5.16 Å². The van der Waals surface area contributed by atoms with Crippen LogP contribution >= 0.6 is 11.8 Å². The molecule has 3 aliphatic heterocycles. The number of aliphatic hydroxyl groups excluding tert-OH is 4. The number of piperidine rings is 1. The van der Waals surface area contributed by atoms with Gasteiger partial charge in [0, 0.05) is 32.0 Å². The number of phenolic OH excluding ortho intramolecular Hbond substituents is 2. The van der Waals surface area contributed by atoms with E-state index in [4.69, 9.17) is 14.3 Å². The summed E-state index contributed by atoms with van der Waals surface area (Å²) >= 11 is 0.900. The van der Waals surface area contributed by atoms with Gasteiger partial charge in [-0.1, -0.05) is 23.4 Å². The van der Waals surface area contributed by atoms with Gasteiger partial charge < -0.3 is 55.2 Å². The van der Waals surface area contributed by atoms with Gasteiger partial charge in [-0.3, -0.25) is 9.59 Å². The molecular formula is C33H45N3O12S. The van der Waals surface area contributed by atoms with E-state index < -0.39 is 66.2 Å². The summed E-state index contributed by atoms with van der Waals surface area (Å²) in [5.41, 5.74) is -0.744. The molecule has 49 heavy (non-hydrogen) atoms. The van der Waals surface area contributed by atoms with Crippen LogP contribution in [0.5, 0.6) is 11.5 Å². The highest BCUT2D eigenvalue weighted by Crippen LogP contribution is 2.30. The normalized spacial score (nSPS) is 30.4. The fourth-order valence-corrected chi connectivity index (χ4v) is 6.62. The standard InChI is InChI=1S/C33H45N3O12S/c1-19-7-5-8-21(34-26(40)18-49-33-31(44)30(43)29(42)25(16-37)48-33)9-6-10-22(35-46-17-27(41)36-11-3-2-4-12-36)13-20-14-23(38)15-24(39)28(20)32(45)47-19/h5-6,8,10,14-15,19,21,25,29-31,33,37-39,42-44H,2-4,7,9,11-13,16-18H2,1H3,(H,34,40)/b8-5+,10-6+,35-22+/t19-,21+,25+,29+,30-,31+,33-/m1/s1. The fraction of sp³-hybridized carbons (Fsp3) is 0.576. The van der Waals surface area contributed by atoms with Gasteiger partial charge in [0.25, 0.3) is 5.91 Å². The average molecular weight is 708 g/mol. The summed E-state index contributed by atoms with van der Waals surface area (Å²) in [6.45, 7) is 2.07. The third-order valence-corrected chi connectivity index (χ3v) is 9.40. The molecule has 0 saturated carbocycles. The number of oxime groups is 1. The summed E-state index contributed by atoms with van der Waals surface area (Å²) in [6, 6.07) is 1.80. The van der Waals surface area contributed by atoms with Crippen molar-refractivity contribution in [3.05, 3.63) is 47.6 Å². The van der Waals surface area contributed by atoms with E-state index >= 15 is 0 Å². The fourth-order valence-electron chi connectivity index (χ4n) is 5.64. The second-order valence-corrected chi connectivity index (χ2v) is 13.3. The summed E-state index contributed by atoms with van der Waals surface area (Å²) < 4.78 is 11.0. The molecule has 0 radical (unpaired) electrons. The zero-order valence-electron chi connectivity index (χ0n) is 27.2. The number of aliphatic hydroxyl groups is 4. The summed E-state index contributed by atoms with van der Waals surface area (Å²) in [5.74, 6) is -2.39. The molecule has 2 amide bonds. The number of carbonyl (C=O) groups excluding carboxylic acids is 3. The molecule has 4 rings (SSSR count). The molecule has 1 aromatic carbocycles. The van der Waals surface area contributed by atoms with Gasteiger partial charge in [-0.2, -0.15) is 0 Å². The molecule has 7 N–H and O–H groups in total. The number of rotatable bonds is 8. The Kier molecular flexibility index (Phi) is 14.3. The van der Waals surface area contributed by atoms with Crippen LogP contribution in [0.2, 0.25) is 0 Å². The molecular weight excluding hydrogens is 662 g/mol. The molecule has 0 spiro atoms. The lowest BCUT2D eigenvalue weighted by molar-refractivity contribution is -0.205. The number of phenols is 2. The maximum absolute atomic E-state index is 13.2. The first-order valence-corrected chi connectivity index (χ1v) is 17.3. The van der Waals surface area contributed by atoms with Crippen LogP contribution in [0, 0.1) is 0 Å². The number of cyclic esters (lactones) is 1. The van der Waals surface area contributed by atoms with Gasteiger partial charge in [0.2, 0.25) is 5.91 Å². The van der Waals surface area contributed by atoms with Crippen molar-refractivity contribution >= 4 is 35.3 Å². The quantitative estimate of drug-likeness (QED) is 0.111. The van der Waals surface area contributed by atoms with Crippen molar-refractivity contribution < 1.29 is 59.3 Å². The van der Waals surface area contributed by atoms with Crippen molar-refractivity contribution in [2.45, 2.75) is 87.4 Å². The molecule has 1 aromatic rings. The highest BCUT2D eigenvalue weighted by molar-refractivity contribution is 8.00. The lowest BCUT2D eigenvalue weighted by Gasteiger charge is -2.39. The van der Waals surface area contributed by atoms with E-state index in [1.807, 2.05) is 0 Å². The van der Waals surface area contributed by atoms with Crippen molar-refractivity contribution in [3.8, 4) is 11.5 Å². The van der Waals surface area contributed by atoms with Crippen molar-refractivity contribution in [1.82, 2.24) is 10.2 Å². The largest absolute Gasteiger partial charge is 0.508 e. The Bertz CT molecular complexity index is 1400. The highest BCUT2D eigenvalue weighted by Gasteiger charge is 2.43. The number of esters is 1. The molecule has 15 nitrogen and oxygen atoms in total. The number of ether oxygens (including phenoxy) is 2. The van der Waals surface area contributed by atoms with Crippen LogP contribution in [-0.2, 0) is 30.3 Å². The van der Waals surface area contributed by atoms with Gasteiger partial charge in [-0.25, -0.2) is 4.79 Å². The van der Waals surface area contributed by atoms with Crippen LogP contribution in [0.3, 0.4) is 0 Å². The van der Waals surface area contributed by atoms with E-state index in [0.29, 0.717) is 13.1 Å². The SMILES string of the molecule is C[C@@H]1C/C=C/[C@H](NC(=O)CS[C@H]2O[C@@H](CO)[C@H](O)[C@@H](O)[C@@H]2O)C/C=C/C(=N\OCC(=O)N2CCCCC2)Cc2cc(O)cc(O)c2C(=O)O1. The Balaban J connectivity index is 1.50. The number of allylic oxidation sites excluding steroid dienone is 1. The number of hydrogen-bond donors (Lipinski definition) is 7. The summed E-state index contributed by atoms with van der Waals surface area (Å²) in [6.07, 6.45) is 3.85. The molecule has 2 saturated heterocycles. The predicted octanol–water partition coefficient (Wildman–Crippen LogP) is 0.495. The molecule has 0 aromatic heterocycles. The first-order valence-electron chi connectivity index (χ1n) is 16.2. The maximum Gasteiger partial charge on any atom is 0.342 e.